The Kier molecular flexibility index (Phi) is 7.39. The van der Waals surface area contributed by atoms with Gasteiger partial charge in [-0.2, -0.15) is 0 Å². The highest BCUT2D eigenvalue weighted by Crippen LogP contribution is 2.19. The first-order chi connectivity index (χ1) is 7.06. The zero-order valence-corrected chi connectivity index (χ0v) is 10.4. The summed E-state index contributed by atoms with van der Waals surface area (Å²) in [5.74, 6) is -1.08. The lowest BCUT2D eigenvalue weighted by molar-refractivity contribution is -0.915. The van der Waals surface area contributed by atoms with Gasteiger partial charge in [0.2, 0.25) is 0 Å². The normalized spacial score (nSPS) is 18.1. The second kappa shape index (κ2) is 7.69. The number of rotatable bonds is 4. The number of nitrogens with zero attached hydrogens (tertiary/aromatic N) is 1. The third-order valence-corrected chi connectivity index (χ3v) is 3.17. The average molecular weight is 215 g/mol. The van der Waals surface area contributed by atoms with Crippen LogP contribution >= 0.6 is 0 Å². The minimum absolute atomic E-state index is 0.972. The van der Waals surface area contributed by atoms with Crippen molar-refractivity contribution < 1.29 is 14.4 Å². The number of aliphatic carboxylic acids is 1. The van der Waals surface area contributed by atoms with Crippen LogP contribution in [-0.2, 0) is 4.79 Å². The van der Waals surface area contributed by atoms with Crippen molar-refractivity contribution in [3.63, 3.8) is 0 Å². The average Bonchev–Trinajstić information content (AvgIpc) is 2.63. The number of carbonyl (C=O) groups is 1. The standard InChI is InChI=1S/C10H22N.C2H4O2/c1-3-5-8-11(4-2)9-6-7-10-11;1-2(3)4/h3-10H2,1-2H3;1H3,(H,3,4)/q+1;/p-1. The summed E-state index contributed by atoms with van der Waals surface area (Å²) in [6, 6.07) is 0. The number of carboxylic acids is 1. The lowest BCUT2D eigenvalue weighted by Crippen LogP contribution is -2.45. The molecule has 0 aromatic carbocycles. The van der Waals surface area contributed by atoms with Gasteiger partial charge in [0.15, 0.2) is 0 Å². The molecule has 1 aliphatic rings. The van der Waals surface area contributed by atoms with Gasteiger partial charge in [0.05, 0.1) is 26.2 Å². The van der Waals surface area contributed by atoms with Crippen molar-refractivity contribution >= 4 is 5.97 Å². The minimum Gasteiger partial charge on any atom is -0.550 e. The number of unbranched alkanes of at least 4 members (excludes halogenated alkanes) is 1. The maximum atomic E-state index is 8.89. The molecule has 0 amide bonds. The molecule has 0 aromatic rings. The van der Waals surface area contributed by atoms with Crippen molar-refractivity contribution in [3.05, 3.63) is 0 Å². The second-order valence-corrected chi connectivity index (χ2v) is 4.38. The third-order valence-electron chi connectivity index (χ3n) is 3.17. The Morgan fingerprint density at radius 3 is 2.07 bits per heavy atom. The first-order valence-electron chi connectivity index (χ1n) is 6.09. The predicted octanol–water partition coefficient (Wildman–Crippen LogP) is 1.17. The predicted molar refractivity (Wildman–Crippen MR) is 60.2 cm³/mol. The molecule has 0 bridgehead atoms. The lowest BCUT2D eigenvalue weighted by Gasteiger charge is -2.32. The Balaban J connectivity index is 0.000000423. The second-order valence-electron chi connectivity index (χ2n) is 4.38. The zero-order valence-electron chi connectivity index (χ0n) is 10.4. The highest BCUT2D eigenvalue weighted by atomic mass is 16.4. The van der Waals surface area contributed by atoms with Crippen LogP contribution in [0.3, 0.4) is 0 Å². The molecule has 90 valence electrons. The summed E-state index contributed by atoms with van der Waals surface area (Å²) in [4.78, 5) is 8.89. The number of carbonyl (C=O) groups excluding carboxylic acids is 1. The molecule has 0 atom stereocenters. The third kappa shape index (κ3) is 6.50. The van der Waals surface area contributed by atoms with E-state index >= 15 is 0 Å². The van der Waals surface area contributed by atoms with Crippen molar-refractivity contribution in [2.24, 2.45) is 0 Å². The van der Waals surface area contributed by atoms with Crippen LogP contribution in [0.4, 0.5) is 0 Å². The smallest absolute Gasteiger partial charge is 0.0788 e. The number of quaternary nitrogens is 1. The van der Waals surface area contributed by atoms with Crippen LogP contribution in [-0.4, -0.2) is 36.6 Å². The number of carboxylic acid groups (broad SMARTS) is 1. The van der Waals surface area contributed by atoms with E-state index < -0.39 is 5.97 Å². The molecular weight excluding hydrogens is 190 g/mol. The van der Waals surface area contributed by atoms with E-state index in [4.69, 9.17) is 9.90 Å². The van der Waals surface area contributed by atoms with Gasteiger partial charge in [-0.1, -0.05) is 13.3 Å². The topological polar surface area (TPSA) is 40.1 Å². The Morgan fingerprint density at radius 1 is 1.27 bits per heavy atom. The molecule has 1 aliphatic heterocycles. The summed E-state index contributed by atoms with van der Waals surface area (Å²) in [6.45, 7) is 11.3. The molecule has 15 heavy (non-hydrogen) atoms. The van der Waals surface area contributed by atoms with Crippen LogP contribution in [0, 0.1) is 0 Å². The van der Waals surface area contributed by atoms with E-state index in [-0.39, 0.29) is 0 Å². The molecule has 1 saturated heterocycles. The molecule has 1 fully saturated rings. The van der Waals surface area contributed by atoms with Crippen molar-refractivity contribution in [2.75, 3.05) is 26.2 Å². The van der Waals surface area contributed by atoms with E-state index in [9.17, 15) is 0 Å². The molecule has 1 rings (SSSR count). The zero-order chi connectivity index (χ0) is 11.7. The molecule has 0 spiro atoms. The first-order valence-corrected chi connectivity index (χ1v) is 6.09. The van der Waals surface area contributed by atoms with E-state index in [0.29, 0.717) is 0 Å². The van der Waals surface area contributed by atoms with Gasteiger partial charge in [-0.3, -0.25) is 0 Å². The fourth-order valence-corrected chi connectivity index (χ4v) is 2.20. The van der Waals surface area contributed by atoms with Gasteiger partial charge < -0.3 is 14.4 Å². The maximum absolute atomic E-state index is 8.89. The quantitative estimate of drug-likeness (QED) is 0.661. The maximum Gasteiger partial charge on any atom is 0.0788 e. The highest BCUT2D eigenvalue weighted by molar-refractivity contribution is 5.60. The van der Waals surface area contributed by atoms with Crippen molar-refractivity contribution in [2.45, 2.75) is 46.5 Å². The molecule has 0 saturated carbocycles. The molecule has 0 N–H and O–H groups in total. The Bertz CT molecular complexity index is 170. The molecule has 0 aliphatic carbocycles. The molecule has 0 unspecified atom stereocenters. The molecule has 1 heterocycles. The highest BCUT2D eigenvalue weighted by Gasteiger charge is 2.28. The van der Waals surface area contributed by atoms with Gasteiger partial charge in [0.25, 0.3) is 0 Å². The molecule has 0 radical (unpaired) electrons. The Hall–Kier alpha value is -0.570. The van der Waals surface area contributed by atoms with Gasteiger partial charge in [0.1, 0.15) is 0 Å². The van der Waals surface area contributed by atoms with Crippen molar-refractivity contribution in [1.29, 1.82) is 0 Å². The van der Waals surface area contributed by atoms with E-state index in [1.807, 2.05) is 0 Å². The summed E-state index contributed by atoms with van der Waals surface area (Å²) < 4.78 is 1.42. The monoisotopic (exact) mass is 215 g/mol. The number of hydrogen-bond donors (Lipinski definition) is 0. The van der Waals surface area contributed by atoms with Gasteiger partial charge in [0, 0.05) is 18.8 Å². The van der Waals surface area contributed by atoms with Crippen LogP contribution in [0.15, 0.2) is 0 Å². The van der Waals surface area contributed by atoms with Crippen LogP contribution in [0.5, 0.6) is 0 Å². The van der Waals surface area contributed by atoms with Crippen LogP contribution in [0.2, 0.25) is 0 Å². The summed E-state index contributed by atoms with van der Waals surface area (Å²) >= 11 is 0. The fourth-order valence-electron chi connectivity index (χ4n) is 2.20. The minimum atomic E-state index is -1.08. The summed E-state index contributed by atoms with van der Waals surface area (Å²) in [6.07, 6.45) is 5.73. The molecular formula is C12H25NO2. The summed E-state index contributed by atoms with van der Waals surface area (Å²) in [5.41, 5.74) is 0. The summed E-state index contributed by atoms with van der Waals surface area (Å²) in [7, 11) is 0. The van der Waals surface area contributed by atoms with Crippen molar-refractivity contribution in [3.8, 4) is 0 Å². The lowest BCUT2D eigenvalue weighted by atomic mass is 10.3. The van der Waals surface area contributed by atoms with Crippen LogP contribution in [0.25, 0.3) is 0 Å². The van der Waals surface area contributed by atoms with Gasteiger partial charge in [-0.05, 0) is 20.3 Å². The van der Waals surface area contributed by atoms with Crippen molar-refractivity contribution in [1.82, 2.24) is 0 Å². The number of likely N-dealkylation sites (tertiary alicyclic amines) is 1. The van der Waals surface area contributed by atoms with Gasteiger partial charge in [-0.25, -0.2) is 0 Å². The molecule has 3 heteroatoms. The molecule has 0 aromatic heterocycles. The van der Waals surface area contributed by atoms with E-state index in [2.05, 4.69) is 13.8 Å². The first kappa shape index (κ1) is 14.4. The fraction of sp³-hybridized carbons (Fsp3) is 0.917. The Morgan fingerprint density at radius 2 is 1.73 bits per heavy atom. The van der Waals surface area contributed by atoms with Gasteiger partial charge in [-0.15, -0.1) is 0 Å². The van der Waals surface area contributed by atoms with Crippen LogP contribution in [0.1, 0.15) is 46.5 Å². The van der Waals surface area contributed by atoms with E-state index in [1.165, 1.54) is 56.3 Å². The largest absolute Gasteiger partial charge is 0.550 e. The number of hydrogen-bond acceptors (Lipinski definition) is 2. The summed E-state index contributed by atoms with van der Waals surface area (Å²) in [5, 5.41) is 8.89. The van der Waals surface area contributed by atoms with E-state index in [0.717, 1.165) is 6.92 Å². The Labute approximate surface area is 93.7 Å². The van der Waals surface area contributed by atoms with Crippen LogP contribution < -0.4 is 5.11 Å². The SMILES string of the molecule is CC(=O)[O-].CCCC[N+]1(CC)CCCC1. The molecule has 3 nitrogen and oxygen atoms in total. The van der Waals surface area contributed by atoms with E-state index in [1.54, 1.807) is 0 Å². The van der Waals surface area contributed by atoms with Gasteiger partial charge >= 0.3 is 0 Å².